The van der Waals surface area contributed by atoms with Crippen LogP contribution in [0.1, 0.15) is 6.42 Å². The lowest BCUT2D eigenvalue weighted by molar-refractivity contribution is -0.384. The second-order valence-electron chi connectivity index (χ2n) is 4.28. The molecule has 9 heteroatoms. The number of hydrogen-bond acceptors (Lipinski definition) is 5. The smallest absolute Gasteiger partial charge is 0.271 e. The van der Waals surface area contributed by atoms with Gasteiger partial charge in [0, 0.05) is 31.3 Å². The van der Waals surface area contributed by atoms with E-state index in [1.807, 2.05) is 0 Å². The molecule has 0 bridgehead atoms. The predicted octanol–water partition coefficient (Wildman–Crippen LogP) is 0.970. The Hall–Kier alpha value is -1.22. The molecule has 1 saturated heterocycles. The van der Waals surface area contributed by atoms with Gasteiger partial charge in [0.15, 0.2) is 0 Å². The molecule has 104 valence electrons. The van der Waals surface area contributed by atoms with Crippen molar-refractivity contribution in [1.82, 2.24) is 4.31 Å². The molecule has 2 rings (SSSR count). The number of sulfonamides is 1. The summed E-state index contributed by atoms with van der Waals surface area (Å²) in [4.78, 5) is 9.82. The van der Waals surface area contributed by atoms with Crippen molar-refractivity contribution in [2.45, 2.75) is 17.4 Å². The maximum atomic E-state index is 12.3. The van der Waals surface area contributed by atoms with Crippen LogP contribution in [0.4, 0.5) is 5.69 Å². The van der Waals surface area contributed by atoms with Crippen LogP contribution in [0, 0.1) is 10.1 Å². The zero-order valence-electron chi connectivity index (χ0n) is 9.82. The molecule has 7 nitrogen and oxygen atoms in total. The number of rotatable bonds is 3. The summed E-state index contributed by atoms with van der Waals surface area (Å²) in [6.45, 7) is 0.562. The van der Waals surface area contributed by atoms with Crippen molar-refractivity contribution < 1.29 is 13.3 Å². The minimum Gasteiger partial charge on any atom is -0.326 e. The summed E-state index contributed by atoms with van der Waals surface area (Å²) < 4.78 is 25.8. The molecule has 0 saturated carbocycles. The number of nitro groups is 1. The number of nitro benzene ring substituents is 1. The van der Waals surface area contributed by atoms with E-state index in [0.29, 0.717) is 13.0 Å². The second-order valence-corrected chi connectivity index (χ2v) is 6.60. The van der Waals surface area contributed by atoms with Crippen molar-refractivity contribution in [3.05, 3.63) is 33.3 Å². The van der Waals surface area contributed by atoms with Gasteiger partial charge in [-0.3, -0.25) is 10.1 Å². The molecule has 0 aromatic heterocycles. The first-order valence-corrected chi connectivity index (χ1v) is 7.34. The highest BCUT2D eigenvalue weighted by Gasteiger charge is 2.32. The third-order valence-electron chi connectivity index (χ3n) is 2.93. The number of hydrogen-bond donors (Lipinski definition) is 1. The third-order valence-corrected chi connectivity index (χ3v) is 5.28. The van der Waals surface area contributed by atoms with Crippen LogP contribution in [0.15, 0.2) is 23.1 Å². The van der Waals surface area contributed by atoms with Gasteiger partial charge in [-0.2, -0.15) is 4.31 Å². The number of halogens is 1. The largest absolute Gasteiger partial charge is 0.326 e. The molecule has 1 fully saturated rings. The van der Waals surface area contributed by atoms with Crippen molar-refractivity contribution in [2.75, 3.05) is 13.1 Å². The number of benzene rings is 1. The lowest BCUT2D eigenvalue weighted by Crippen LogP contribution is -2.32. The molecule has 0 spiro atoms. The molecule has 1 unspecified atom stereocenters. The molecule has 1 aliphatic rings. The van der Waals surface area contributed by atoms with E-state index in [9.17, 15) is 18.5 Å². The molecule has 0 amide bonds. The Morgan fingerprint density at radius 3 is 2.63 bits per heavy atom. The zero-order chi connectivity index (χ0) is 14.2. The summed E-state index contributed by atoms with van der Waals surface area (Å²) in [5, 5.41) is 10.4. The van der Waals surface area contributed by atoms with E-state index in [-0.39, 0.29) is 28.2 Å². The Labute approximate surface area is 115 Å². The average molecular weight is 306 g/mol. The van der Waals surface area contributed by atoms with Crippen molar-refractivity contribution in [1.29, 1.82) is 0 Å². The van der Waals surface area contributed by atoms with Gasteiger partial charge in [0.25, 0.3) is 5.69 Å². The van der Waals surface area contributed by atoms with Crippen LogP contribution >= 0.6 is 11.6 Å². The van der Waals surface area contributed by atoms with E-state index in [1.165, 1.54) is 4.31 Å². The molecule has 1 heterocycles. The van der Waals surface area contributed by atoms with E-state index in [1.54, 1.807) is 0 Å². The summed E-state index contributed by atoms with van der Waals surface area (Å²) in [6.07, 6.45) is 0.587. The van der Waals surface area contributed by atoms with Gasteiger partial charge < -0.3 is 5.73 Å². The lowest BCUT2D eigenvalue weighted by Gasteiger charge is -2.16. The van der Waals surface area contributed by atoms with Gasteiger partial charge in [-0.15, -0.1) is 0 Å². The molecule has 1 aromatic rings. The second kappa shape index (κ2) is 5.04. The van der Waals surface area contributed by atoms with Crippen LogP contribution in [-0.2, 0) is 10.0 Å². The number of non-ortho nitro benzene ring substituents is 1. The Bertz CT molecular complexity index is 619. The Balaban J connectivity index is 2.38. The van der Waals surface area contributed by atoms with Gasteiger partial charge in [0.2, 0.25) is 10.0 Å². The fourth-order valence-corrected chi connectivity index (χ4v) is 3.95. The minimum atomic E-state index is -3.75. The van der Waals surface area contributed by atoms with Crippen LogP contribution < -0.4 is 5.73 Å². The molecule has 1 atom stereocenters. The quantitative estimate of drug-likeness (QED) is 0.661. The van der Waals surface area contributed by atoms with Gasteiger partial charge in [0.1, 0.15) is 4.90 Å². The van der Waals surface area contributed by atoms with Gasteiger partial charge in [-0.05, 0) is 12.5 Å². The highest BCUT2D eigenvalue weighted by atomic mass is 35.5. The topological polar surface area (TPSA) is 107 Å². The monoisotopic (exact) mass is 305 g/mol. The van der Waals surface area contributed by atoms with Crippen LogP contribution in [0.25, 0.3) is 0 Å². The van der Waals surface area contributed by atoms with Gasteiger partial charge in [-0.1, -0.05) is 11.6 Å². The molecule has 1 aliphatic heterocycles. The zero-order valence-corrected chi connectivity index (χ0v) is 11.4. The van der Waals surface area contributed by atoms with E-state index < -0.39 is 14.9 Å². The molecule has 1 aromatic carbocycles. The van der Waals surface area contributed by atoms with E-state index in [0.717, 1.165) is 18.2 Å². The standard InChI is InChI=1S/C10H12ClN3O4S/c11-9-5-8(14(15)16)1-2-10(9)19(17,18)13-4-3-7(12)6-13/h1-2,5,7H,3-4,6,12H2. The van der Waals surface area contributed by atoms with E-state index in [2.05, 4.69) is 0 Å². The fraction of sp³-hybridized carbons (Fsp3) is 0.400. The first kappa shape index (κ1) is 14.2. The highest BCUT2D eigenvalue weighted by Crippen LogP contribution is 2.29. The summed E-state index contributed by atoms with van der Waals surface area (Å²) >= 11 is 5.83. The average Bonchev–Trinajstić information content (AvgIpc) is 2.76. The number of nitrogens with zero attached hydrogens (tertiary/aromatic N) is 2. The van der Waals surface area contributed by atoms with Gasteiger partial charge in [0.05, 0.1) is 9.95 Å². The lowest BCUT2D eigenvalue weighted by atomic mass is 10.3. The Morgan fingerprint density at radius 2 is 2.16 bits per heavy atom. The normalized spacial score (nSPS) is 20.6. The maximum Gasteiger partial charge on any atom is 0.271 e. The predicted molar refractivity (Wildman–Crippen MR) is 69.5 cm³/mol. The molecule has 0 aliphatic carbocycles. The van der Waals surface area contributed by atoms with Crippen molar-refractivity contribution in [2.24, 2.45) is 5.73 Å². The minimum absolute atomic E-state index is 0.131. The Kier molecular flexibility index (Phi) is 3.77. The fourth-order valence-electron chi connectivity index (χ4n) is 1.92. The van der Waals surface area contributed by atoms with E-state index >= 15 is 0 Å². The molecular weight excluding hydrogens is 294 g/mol. The molecule has 2 N–H and O–H groups in total. The SMILES string of the molecule is NC1CCN(S(=O)(=O)c2ccc([N+](=O)[O-])cc2Cl)C1. The highest BCUT2D eigenvalue weighted by molar-refractivity contribution is 7.89. The first-order chi connectivity index (χ1) is 8.82. The summed E-state index contributed by atoms with van der Waals surface area (Å²) in [5.41, 5.74) is 5.43. The van der Waals surface area contributed by atoms with Crippen molar-refractivity contribution in [3.63, 3.8) is 0 Å². The Morgan fingerprint density at radius 1 is 1.47 bits per heavy atom. The van der Waals surface area contributed by atoms with E-state index in [4.69, 9.17) is 17.3 Å². The summed E-state index contributed by atoms with van der Waals surface area (Å²) in [7, 11) is -3.75. The van der Waals surface area contributed by atoms with Gasteiger partial charge in [-0.25, -0.2) is 8.42 Å². The van der Waals surface area contributed by atoms with Crippen LogP contribution in [0.3, 0.4) is 0 Å². The summed E-state index contributed by atoms with van der Waals surface area (Å²) in [5.74, 6) is 0. The molecule has 0 radical (unpaired) electrons. The molecule has 19 heavy (non-hydrogen) atoms. The van der Waals surface area contributed by atoms with Crippen LogP contribution in [0.5, 0.6) is 0 Å². The molecular formula is C10H12ClN3O4S. The van der Waals surface area contributed by atoms with Gasteiger partial charge >= 0.3 is 0 Å². The number of nitrogens with two attached hydrogens (primary N) is 1. The van der Waals surface area contributed by atoms with Crippen LogP contribution in [0.2, 0.25) is 5.02 Å². The third kappa shape index (κ3) is 2.71. The van der Waals surface area contributed by atoms with Crippen molar-refractivity contribution in [3.8, 4) is 0 Å². The van der Waals surface area contributed by atoms with Crippen LogP contribution in [-0.4, -0.2) is 36.8 Å². The van der Waals surface area contributed by atoms with Crippen molar-refractivity contribution >= 4 is 27.3 Å². The first-order valence-electron chi connectivity index (χ1n) is 5.52. The maximum absolute atomic E-state index is 12.3. The summed E-state index contributed by atoms with van der Waals surface area (Å²) in [6, 6.07) is 3.12.